The van der Waals surface area contributed by atoms with E-state index in [1.165, 1.54) is 12.8 Å². The van der Waals surface area contributed by atoms with Gasteiger partial charge in [0.2, 0.25) is 0 Å². The van der Waals surface area contributed by atoms with Crippen LogP contribution >= 0.6 is 11.3 Å². The zero-order valence-electron chi connectivity index (χ0n) is 11.0. The molecule has 0 atom stereocenters. The molecule has 3 nitrogen and oxygen atoms in total. The Morgan fingerprint density at radius 3 is 3.06 bits per heavy atom. The molecule has 0 saturated carbocycles. The Morgan fingerprint density at radius 1 is 1.44 bits per heavy atom. The second kappa shape index (κ2) is 6.71. The van der Waals surface area contributed by atoms with Gasteiger partial charge in [0.05, 0.1) is 12.0 Å². The van der Waals surface area contributed by atoms with Crippen LogP contribution in [0.1, 0.15) is 32.4 Å². The second-order valence-electron chi connectivity index (χ2n) is 4.83. The molecular formula is C14H20N2OS. The molecule has 2 rings (SSSR count). The quantitative estimate of drug-likeness (QED) is 0.770. The third-order valence-electron chi connectivity index (χ3n) is 2.72. The molecule has 98 valence electrons. The summed E-state index contributed by atoms with van der Waals surface area (Å²) in [5.74, 6) is 1.64. The summed E-state index contributed by atoms with van der Waals surface area (Å²) in [5.41, 5.74) is 1.09. The lowest BCUT2D eigenvalue weighted by atomic mass is 10.1. The average molecular weight is 264 g/mol. The SMILES string of the molecule is CC(C)CCCNCc1csc(-c2ccco2)n1. The molecule has 0 aliphatic heterocycles. The minimum Gasteiger partial charge on any atom is -0.462 e. The summed E-state index contributed by atoms with van der Waals surface area (Å²) in [5, 5.41) is 6.48. The first kappa shape index (κ1) is 13.3. The van der Waals surface area contributed by atoms with Gasteiger partial charge in [0, 0.05) is 11.9 Å². The molecule has 0 fully saturated rings. The number of nitrogens with one attached hydrogen (secondary N) is 1. The molecule has 0 radical (unpaired) electrons. The monoisotopic (exact) mass is 264 g/mol. The fraction of sp³-hybridized carbons (Fsp3) is 0.500. The van der Waals surface area contributed by atoms with Crippen molar-refractivity contribution in [3.05, 3.63) is 29.5 Å². The summed E-state index contributed by atoms with van der Waals surface area (Å²) in [6.07, 6.45) is 4.19. The number of hydrogen-bond acceptors (Lipinski definition) is 4. The van der Waals surface area contributed by atoms with Crippen molar-refractivity contribution in [3.63, 3.8) is 0 Å². The molecule has 1 N–H and O–H groups in total. The number of rotatable bonds is 7. The van der Waals surface area contributed by atoms with Crippen LogP contribution in [0.15, 0.2) is 28.2 Å². The smallest absolute Gasteiger partial charge is 0.162 e. The molecule has 0 aliphatic rings. The van der Waals surface area contributed by atoms with Gasteiger partial charge in [-0.1, -0.05) is 13.8 Å². The van der Waals surface area contributed by atoms with Crippen molar-refractivity contribution in [1.29, 1.82) is 0 Å². The zero-order chi connectivity index (χ0) is 12.8. The highest BCUT2D eigenvalue weighted by Gasteiger charge is 2.06. The standard InChI is InChI=1S/C14H20N2OS/c1-11(2)5-3-7-15-9-12-10-18-14(16-12)13-6-4-8-17-13/h4,6,8,10-11,15H,3,5,7,9H2,1-2H3. The van der Waals surface area contributed by atoms with E-state index in [4.69, 9.17) is 4.42 Å². The van der Waals surface area contributed by atoms with E-state index in [0.29, 0.717) is 0 Å². The van der Waals surface area contributed by atoms with E-state index in [-0.39, 0.29) is 0 Å². The van der Waals surface area contributed by atoms with Crippen LogP contribution in [0, 0.1) is 5.92 Å². The van der Waals surface area contributed by atoms with E-state index in [9.17, 15) is 0 Å². The van der Waals surface area contributed by atoms with Crippen molar-refractivity contribution in [2.24, 2.45) is 5.92 Å². The molecule has 0 spiro atoms. The van der Waals surface area contributed by atoms with Crippen molar-refractivity contribution < 1.29 is 4.42 Å². The summed E-state index contributed by atoms with van der Waals surface area (Å²) in [7, 11) is 0. The molecule has 0 bridgehead atoms. The Bertz CT molecular complexity index is 448. The van der Waals surface area contributed by atoms with E-state index in [0.717, 1.165) is 35.5 Å². The van der Waals surface area contributed by atoms with E-state index < -0.39 is 0 Å². The minimum atomic E-state index is 0.789. The van der Waals surface area contributed by atoms with E-state index in [1.54, 1.807) is 17.6 Å². The lowest BCUT2D eigenvalue weighted by Gasteiger charge is -2.04. The van der Waals surface area contributed by atoms with Crippen molar-refractivity contribution in [1.82, 2.24) is 10.3 Å². The molecule has 2 heterocycles. The summed E-state index contributed by atoms with van der Waals surface area (Å²) >= 11 is 1.63. The van der Waals surface area contributed by atoms with Gasteiger partial charge in [-0.05, 0) is 37.4 Å². The van der Waals surface area contributed by atoms with Crippen molar-refractivity contribution >= 4 is 11.3 Å². The summed E-state index contributed by atoms with van der Waals surface area (Å²) < 4.78 is 5.33. The average Bonchev–Trinajstić information content (AvgIpc) is 2.98. The predicted octanol–water partition coefficient (Wildman–Crippen LogP) is 3.93. The Kier molecular flexibility index (Phi) is 4.96. The molecule has 2 aromatic rings. The van der Waals surface area contributed by atoms with E-state index in [2.05, 4.69) is 29.5 Å². The highest BCUT2D eigenvalue weighted by atomic mass is 32.1. The van der Waals surface area contributed by atoms with Crippen LogP contribution in [0.2, 0.25) is 0 Å². The largest absolute Gasteiger partial charge is 0.462 e. The first-order valence-corrected chi connectivity index (χ1v) is 7.32. The maximum Gasteiger partial charge on any atom is 0.162 e. The van der Waals surface area contributed by atoms with Crippen LogP contribution in [0.5, 0.6) is 0 Å². The molecule has 0 aliphatic carbocycles. The summed E-state index contributed by atoms with van der Waals surface area (Å²) in [6, 6.07) is 3.83. The third-order valence-corrected chi connectivity index (χ3v) is 3.63. The van der Waals surface area contributed by atoms with Crippen LogP contribution < -0.4 is 5.32 Å². The van der Waals surface area contributed by atoms with Gasteiger partial charge in [0.1, 0.15) is 0 Å². The van der Waals surface area contributed by atoms with Gasteiger partial charge in [0.15, 0.2) is 10.8 Å². The molecule has 0 saturated heterocycles. The van der Waals surface area contributed by atoms with Crippen LogP contribution in [0.25, 0.3) is 10.8 Å². The first-order valence-electron chi connectivity index (χ1n) is 6.44. The molecule has 4 heteroatoms. The van der Waals surface area contributed by atoms with Crippen LogP contribution in [0.4, 0.5) is 0 Å². The normalized spacial score (nSPS) is 11.3. The van der Waals surface area contributed by atoms with Crippen LogP contribution in [0.3, 0.4) is 0 Å². The third kappa shape index (κ3) is 3.96. The van der Waals surface area contributed by atoms with Gasteiger partial charge in [-0.2, -0.15) is 0 Å². The van der Waals surface area contributed by atoms with Crippen molar-refractivity contribution in [2.75, 3.05) is 6.54 Å². The molecule has 0 amide bonds. The Labute approximate surface area is 112 Å². The number of furan rings is 1. The fourth-order valence-corrected chi connectivity index (χ4v) is 2.54. The first-order chi connectivity index (χ1) is 8.75. The lowest BCUT2D eigenvalue weighted by Crippen LogP contribution is -2.15. The topological polar surface area (TPSA) is 38.1 Å². The number of nitrogens with zero attached hydrogens (tertiary/aromatic N) is 1. The molecule has 0 unspecified atom stereocenters. The number of aromatic nitrogens is 1. The molecule has 0 aromatic carbocycles. The predicted molar refractivity (Wildman–Crippen MR) is 75.6 cm³/mol. The van der Waals surface area contributed by atoms with E-state index in [1.807, 2.05) is 12.1 Å². The highest BCUT2D eigenvalue weighted by Crippen LogP contribution is 2.23. The highest BCUT2D eigenvalue weighted by molar-refractivity contribution is 7.13. The van der Waals surface area contributed by atoms with Gasteiger partial charge in [-0.25, -0.2) is 4.98 Å². The molecular weight excluding hydrogens is 244 g/mol. The van der Waals surface area contributed by atoms with Crippen molar-refractivity contribution in [2.45, 2.75) is 33.2 Å². The second-order valence-corrected chi connectivity index (χ2v) is 5.69. The Hall–Kier alpha value is -1.13. The summed E-state index contributed by atoms with van der Waals surface area (Å²) in [6.45, 7) is 6.42. The number of hydrogen-bond donors (Lipinski definition) is 1. The Morgan fingerprint density at radius 2 is 2.33 bits per heavy atom. The Balaban J connectivity index is 1.74. The van der Waals surface area contributed by atoms with E-state index >= 15 is 0 Å². The fourth-order valence-electron chi connectivity index (χ4n) is 1.75. The van der Waals surface area contributed by atoms with Gasteiger partial charge < -0.3 is 9.73 Å². The minimum absolute atomic E-state index is 0.789. The molecule has 2 aromatic heterocycles. The molecule has 18 heavy (non-hydrogen) atoms. The maximum absolute atomic E-state index is 5.33. The van der Waals surface area contributed by atoms with Gasteiger partial charge in [0.25, 0.3) is 0 Å². The van der Waals surface area contributed by atoms with Crippen LogP contribution in [-0.4, -0.2) is 11.5 Å². The lowest BCUT2D eigenvalue weighted by molar-refractivity contribution is 0.526. The summed E-state index contributed by atoms with van der Waals surface area (Å²) in [4.78, 5) is 4.55. The maximum atomic E-state index is 5.33. The van der Waals surface area contributed by atoms with Gasteiger partial charge in [-0.15, -0.1) is 11.3 Å². The number of thiazole rings is 1. The van der Waals surface area contributed by atoms with Gasteiger partial charge >= 0.3 is 0 Å². The van der Waals surface area contributed by atoms with Crippen molar-refractivity contribution in [3.8, 4) is 10.8 Å². The van der Waals surface area contributed by atoms with Crippen LogP contribution in [-0.2, 0) is 6.54 Å². The zero-order valence-corrected chi connectivity index (χ0v) is 11.8. The van der Waals surface area contributed by atoms with Gasteiger partial charge in [-0.3, -0.25) is 0 Å².